The maximum absolute atomic E-state index is 12.7. The summed E-state index contributed by atoms with van der Waals surface area (Å²) in [6.07, 6.45) is -13.3. The van der Waals surface area contributed by atoms with Crippen molar-refractivity contribution < 1.29 is 35.9 Å². The van der Waals surface area contributed by atoms with Gasteiger partial charge in [0.1, 0.15) is 5.75 Å². The smallest absolute Gasteiger partial charge is 0.410 e. The predicted octanol–water partition coefficient (Wildman–Crippen LogP) is 4.28. The molecule has 0 heterocycles. The summed E-state index contributed by atoms with van der Waals surface area (Å²) in [6.45, 7) is 3.00. The lowest BCUT2D eigenvalue weighted by atomic mass is 10.0. The Morgan fingerprint density at radius 2 is 1.55 bits per heavy atom. The van der Waals surface area contributed by atoms with Gasteiger partial charge in [0, 0.05) is 0 Å². The second kappa shape index (κ2) is 5.69. The van der Waals surface area contributed by atoms with E-state index in [1.54, 1.807) is 13.0 Å². The fraction of sp³-hybridized carbons (Fsp3) is 0.462. The van der Waals surface area contributed by atoms with E-state index in [9.17, 15) is 31.1 Å². The molecule has 0 spiro atoms. The molecule has 0 atom stereocenters. The first-order valence-electron chi connectivity index (χ1n) is 5.99. The van der Waals surface area contributed by atoms with Crippen molar-refractivity contribution in [3.05, 3.63) is 29.3 Å². The van der Waals surface area contributed by atoms with E-state index in [2.05, 4.69) is 4.74 Å². The average molecular weight is 329 g/mol. The number of nitrogens with one attached hydrogen (secondary N) is 1. The lowest BCUT2D eigenvalue weighted by Gasteiger charge is -2.34. The SMILES string of the molecule is Cc1cccc(OC(=O)NC(C)(C(F)(F)F)C(F)(F)F)c1C. The fourth-order valence-electron chi connectivity index (χ4n) is 1.47. The van der Waals surface area contributed by atoms with Crippen molar-refractivity contribution >= 4 is 6.09 Å². The number of amides is 1. The standard InChI is InChI=1S/C13H13F6NO2/c1-7-5-4-6-9(8(7)2)22-10(21)20-11(3,12(14,15)16)13(17,18)19/h4-6H,1-3H3,(H,20,21). The summed E-state index contributed by atoms with van der Waals surface area (Å²) in [6, 6.07) is 4.37. The Balaban J connectivity index is 3.01. The molecule has 1 aromatic carbocycles. The van der Waals surface area contributed by atoms with Crippen LogP contribution >= 0.6 is 0 Å². The molecule has 0 aliphatic carbocycles. The molecule has 1 N–H and O–H groups in total. The van der Waals surface area contributed by atoms with E-state index >= 15 is 0 Å². The van der Waals surface area contributed by atoms with Crippen molar-refractivity contribution in [2.24, 2.45) is 0 Å². The molecule has 1 aromatic rings. The van der Waals surface area contributed by atoms with Gasteiger partial charge in [-0.25, -0.2) is 4.79 Å². The molecule has 0 fully saturated rings. The Hall–Kier alpha value is -1.93. The molecule has 0 unspecified atom stereocenters. The molecule has 0 aliphatic heterocycles. The quantitative estimate of drug-likeness (QED) is 0.823. The van der Waals surface area contributed by atoms with Crippen LogP contribution in [0, 0.1) is 13.8 Å². The number of hydrogen-bond donors (Lipinski definition) is 1. The van der Waals surface area contributed by atoms with E-state index in [0.717, 1.165) is 5.32 Å². The Morgan fingerprint density at radius 1 is 1.05 bits per heavy atom. The molecule has 0 bridgehead atoms. The van der Waals surface area contributed by atoms with Gasteiger partial charge in [-0.05, 0) is 38.0 Å². The summed E-state index contributed by atoms with van der Waals surface area (Å²) >= 11 is 0. The number of hydrogen-bond acceptors (Lipinski definition) is 2. The number of alkyl halides is 6. The zero-order chi connectivity index (χ0) is 17.3. The summed E-state index contributed by atoms with van der Waals surface area (Å²) in [7, 11) is 0. The van der Waals surface area contributed by atoms with Crippen molar-refractivity contribution in [1.29, 1.82) is 0 Å². The van der Waals surface area contributed by atoms with Crippen LogP contribution in [0.15, 0.2) is 18.2 Å². The minimum atomic E-state index is -5.73. The van der Waals surface area contributed by atoms with Crippen LogP contribution in [0.1, 0.15) is 18.1 Å². The second-order valence-electron chi connectivity index (χ2n) is 4.83. The van der Waals surface area contributed by atoms with Crippen LogP contribution in [0.3, 0.4) is 0 Å². The molecule has 9 heteroatoms. The van der Waals surface area contributed by atoms with Crippen molar-refractivity contribution in [3.63, 3.8) is 0 Å². The van der Waals surface area contributed by atoms with Gasteiger partial charge in [-0.2, -0.15) is 26.3 Å². The molecule has 124 valence electrons. The van der Waals surface area contributed by atoms with Gasteiger partial charge in [-0.15, -0.1) is 0 Å². The van der Waals surface area contributed by atoms with Gasteiger partial charge in [0.15, 0.2) is 0 Å². The zero-order valence-corrected chi connectivity index (χ0v) is 11.8. The number of benzene rings is 1. The zero-order valence-electron chi connectivity index (χ0n) is 11.8. The highest BCUT2D eigenvalue weighted by molar-refractivity contribution is 5.72. The van der Waals surface area contributed by atoms with Crippen LogP contribution in [0.25, 0.3) is 0 Å². The van der Waals surface area contributed by atoms with E-state index in [1.807, 2.05) is 0 Å². The maximum atomic E-state index is 12.7. The first-order valence-corrected chi connectivity index (χ1v) is 5.99. The van der Waals surface area contributed by atoms with Gasteiger partial charge in [0.05, 0.1) is 0 Å². The molecule has 22 heavy (non-hydrogen) atoms. The van der Waals surface area contributed by atoms with Crippen LogP contribution < -0.4 is 10.1 Å². The summed E-state index contributed by atoms with van der Waals surface area (Å²) < 4.78 is 80.5. The van der Waals surface area contributed by atoms with E-state index < -0.39 is 24.0 Å². The highest BCUT2D eigenvalue weighted by Crippen LogP contribution is 2.42. The second-order valence-corrected chi connectivity index (χ2v) is 4.83. The van der Waals surface area contributed by atoms with Crippen LogP contribution in [0.2, 0.25) is 0 Å². The molecular formula is C13H13F6NO2. The number of carbonyl (C=O) groups excluding carboxylic acids is 1. The number of halogens is 6. The van der Waals surface area contributed by atoms with E-state index in [4.69, 9.17) is 0 Å². The van der Waals surface area contributed by atoms with Crippen LogP contribution in [-0.4, -0.2) is 24.0 Å². The molecular weight excluding hydrogens is 316 g/mol. The van der Waals surface area contributed by atoms with Crippen molar-refractivity contribution in [3.8, 4) is 5.75 Å². The third-order valence-corrected chi connectivity index (χ3v) is 3.24. The Kier molecular flexibility index (Phi) is 4.69. The van der Waals surface area contributed by atoms with Crippen molar-refractivity contribution in [2.75, 3.05) is 0 Å². The molecule has 1 rings (SSSR count). The van der Waals surface area contributed by atoms with E-state index in [1.165, 1.54) is 19.1 Å². The van der Waals surface area contributed by atoms with Gasteiger partial charge >= 0.3 is 18.4 Å². The lowest BCUT2D eigenvalue weighted by molar-refractivity contribution is -0.298. The number of carbonyl (C=O) groups is 1. The summed E-state index contributed by atoms with van der Waals surface area (Å²) in [4.78, 5) is 11.5. The molecule has 0 aliphatic rings. The Labute approximate surface area is 122 Å². The molecule has 0 saturated heterocycles. The van der Waals surface area contributed by atoms with Crippen LogP contribution in [0.5, 0.6) is 5.75 Å². The normalized spacial score (nSPS) is 13.0. The van der Waals surface area contributed by atoms with Crippen molar-refractivity contribution in [2.45, 2.75) is 38.7 Å². The first kappa shape index (κ1) is 18.1. The van der Waals surface area contributed by atoms with E-state index in [0.29, 0.717) is 11.1 Å². The summed E-state index contributed by atoms with van der Waals surface area (Å²) in [5.74, 6) is -0.121. The molecule has 3 nitrogen and oxygen atoms in total. The first-order chi connectivity index (χ1) is 9.79. The van der Waals surface area contributed by atoms with Crippen LogP contribution in [0.4, 0.5) is 31.1 Å². The van der Waals surface area contributed by atoms with Gasteiger partial charge in [-0.3, -0.25) is 5.32 Å². The lowest BCUT2D eigenvalue weighted by Crippen LogP contribution is -2.66. The van der Waals surface area contributed by atoms with Gasteiger partial charge in [0.2, 0.25) is 5.54 Å². The molecule has 0 radical (unpaired) electrons. The highest BCUT2D eigenvalue weighted by atomic mass is 19.4. The minimum absolute atomic E-state index is 0.121. The third kappa shape index (κ3) is 3.45. The number of aryl methyl sites for hydroxylation is 1. The predicted molar refractivity (Wildman–Crippen MR) is 65.6 cm³/mol. The number of rotatable bonds is 2. The summed E-state index contributed by atoms with van der Waals surface area (Å²) in [5, 5.41) is 0.857. The topological polar surface area (TPSA) is 38.3 Å². The molecule has 1 amide bonds. The minimum Gasteiger partial charge on any atom is -0.410 e. The highest BCUT2D eigenvalue weighted by Gasteiger charge is 2.69. The summed E-state index contributed by atoms with van der Waals surface area (Å²) in [5.41, 5.74) is -3.31. The molecule has 0 aromatic heterocycles. The van der Waals surface area contributed by atoms with Gasteiger partial charge < -0.3 is 4.74 Å². The molecule has 0 saturated carbocycles. The average Bonchev–Trinajstić information content (AvgIpc) is 2.32. The maximum Gasteiger partial charge on any atom is 0.420 e. The largest absolute Gasteiger partial charge is 0.420 e. The fourth-order valence-corrected chi connectivity index (χ4v) is 1.47. The van der Waals surface area contributed by atoms with Crippen molar-refractivity contribution in [1.82, 2.24) is 5.32 Å². The van der Waals surface area contributed by atoms with Gasteiger partial charge in [-0.1, -0.05) is 12.1 Å². The van der Waals surface area contributed by atoms with E-state index in [-0.39, 0.29) is 12.7 Å². The van der Waals surface area contributed by atoms with Crippen LogP contribution in [-0.2, 0) is 0 Å². The Bertz CT molecular complexity index is 551. The van der Waals surface area contributed by atoms with Gasteiger partial charge in [0.25, 0.3) is 0 Å². The monoisotopic (exact) mass is 329 g/mol. The number of ether oxygens (including phenoxy) is 1. The Morgan fingerprint density at radius 3 is 2.00 bits per heavy atom. The third-order valence-electron chi connectivity index (χ3n) is 3.24.